The molecule has 2 aliphatic heterocycles. The van der Waals surface area contributed by atoms with Crippen molar-refractivity contribution in [1.82, 2.24) is 29.4 Å². The molecule has 164 valence electrons. The zero-order valence-electron chi connectivity index (χ0n) is 17.9. The van der Waals surface area contributed by atoms with E-state index in [1.165, 1.54) is 19.3 Å². The fourth-order valence-electron chi connectivity index (χ4n) is 4.64. The molecule has 0 amide bonds. The van der Waals surface area contributed by atoms with Crippen LogP contribution in [0, 0.1) is 4.84 Å². The van der Waals surface area contributed by atoms with Crippen LogP contribution in [0.4, 0.5) is 0 Å². The average Bonchev–Trinajstić information content (AvgIpc) is 3.44. The monoisotopic (exact) mass is 440 g/mol. The van der Waals surface area contributed by atoms with Gasteiger partial charge in [0.15, 0.2) is 0 Å². The first-order valence-electron chi connectivity index (χ1n) is 11.1. The number of hydrogen-bond acceptors (Lipinski definition) is 7. The predicted octanol–water partition coefficient (Wildman–Crippen LogP) is 3.92. The second-order valence-electron chi connectivity index (χ2n) is 8.33. The number of aryl methyl sites for hydroxylation is 1. The van der Waals surface area contributed by atoms with Gasteiger partial charge in [-0.3, -0.25) is 4.90 Å². The maximum absolute atomic E-state index is 5.79. The summed E-state index contributed by atoms with van der Waals surface area (Å²) in [5.41, 5.74) is 1.11. The summed E-state index contributed by atoms with van der Waals surface area (Å²) < 4.78 is 15.2. The smallest absolute Gasteiger partial charge is 0.288 e. The molecule has 0 N–H and O–H groups in total. The molecule has 0 unspecified atom stereocenters. The number of rotatable bonds is 6. The number of benzene rings is 1. The third-order valence-corrected chi connectivity index (χ3v) is 6.57. The molecule has 1 atom stereocenters. The lowest BCUT2D eigenvalue weighted by atomic mass is 10.1. The summed E-state index contributed by atoms with van der Waals surface area (Å²) >= 11 is 5.47. The van der Waals surface area contributed by atoms with E-state index in [2.05, 4.69) is 24.8 Å². The third-order valence-electron chi connectivity index (χ3n) is 6.28. The lowest BCUT2D eigenvalue weighted by Gasteiger charge is -2.23. The maximum Gasteiger partial charge on any atom is 0.288 e. The summed E-state index contributed by atoms with van der Waals surface area (Å²) in [6, 6.07) is 8.17. The first-order chi connectivity index (χ1) is 15.2. The third kappa shape index (κ3) is 4.29. The second kappa shape index (κ2) is 8.92. The van der Waals surface area contributed by atoms with Crippen LogP contribution in [0.3, 0.4) is 0 Å². The standard InChI is InChI=1S/C22H28N6O2S/c1-29-17-10-8-16(9-11-17)14-20-25-28(22(31)30-20)15-26-12-5-6-18(26)21-24-23-19-7-3-2-4-13-27(19)21/h8-11,18H,2-7,12-15H2,1H3/t18-/m1/s1. The van der Waals surface area contributed by atoms with Crippen LogP contribution in [0.5, 0.6) is 5.75 Å². The van der Waals surface area contributed by atoms with Crippen molar-refractivity contribution in [3.8, 4) is 5.75 Å². The number of hydrogen-bond donors (Lipinski definition) is 0. The van der Waals surface area contributed by atoms with Crippen molar-refractivity contribution in [2.45, 2.75) is 64.2 Å². The van der Waals surface area contributed by atoms with Crippen LogP contribution in [0.15, 0.2) is 28.7 Å². The number of methoxy groups -OCH3 is 1. The number of nitrogens with zero attached hydrogens (tertiary/aromatic N) is 6. The number of likely N-dealkylation sites (tertiary alicyclic amines) is 1. The molecule has 0 aliphatic carbocycles. The van der Waals surface area contributed by atoms with Crippen LogP contribution in [0.25, 0.3) is 0 Å². The Kier molecular flexibility index (Phi) is 5.87. The topological polar surface area (TPSA) is 74.1 Å². The van der Waals surface area contributed by atoms with E-state index >= 15 is 0 Å². The van der Waals surface area contributed by atoms with Crippen molar-refractivity contribution in [2.24, 2.45) is 0 Å². The zero-order chi connectivity index (χ0) is 21.2. The van der Waals surface area contributed by atoms with E-state index in [9.17, 15) is 0 Å². The van der Waals surface area contributed by atoms with E-state index in [1.807, 2.05) is 24.3 Å². The number of aromatic nitrogens is 5. The molecule has 5 rings (SSSR count). The first-order valence-corrected chi connectivity index (χ1v) is 11.5. The molecule has 9 heteroatoms. The normalized spacial score (nSPS) is 19.3. The molecule has 1 fully saturated rings. The highest BCUT2D eigenvalue weighted by Crippen LogP contribution is 2.32. The molecule has 2 aliphatic rings. The van der Waals surface area contributed by atoms with Crippen molar-refractivity contribution in [2.75, 3.05) is 13.7 Å². The molecule has 4 heterocycles. The van der Waals surface area contributed by atoms with Gasteiger partial charge in [0, 0.05) is 19.5 Å². The molecule has 0 bridgehead atoms. The van der Waals surface area contributed by atoms with E-state index in [1.54, 1.807) is 11.8 Å². The summed E-state index contributed by atoms with van der Waals surface area (Å²) in [5, 5.41) is 13.8. The van der Waals surface area contributed by atoms with Gasteiger partial charge in [0.25, 0.3) is 4.84 Å². The highest BCUT2D eigenvalue weighted by molar-refractivity contribution is 7.71. The zero-order valence-corrected chi connectivity index (χ0v) is 18.7. The molecular formula is C22H28N6O2S. The van der Waals surface area contributed by atoms with Gasteiger partial charge < -0.3 is 13.7 Å². The molecule has 0 radical (unpaired) electrons. The molecule has 8 nitrogen and oxygen atoms in total. The Bertz CT molecular complexity index is 1090. The number of fused-ring (bicyclic) bond motifs is 1. The van der Waals surface area contributed by atoms with E-state index < -0.39 is 0 Å². The van der Waals surface area contributed by atoms with Gasteiger partial charge in [-0.1, -0.05) is 18.6 Å². The van der Waals surface area contributed by atoms with Crippen LogP contribution >= 0.6 is 12.2 Å². The van der Waals surface area contributed by atoms with Gasteiger partial charge in [0.2, 0.25) is 5.89 Å². The molecule has 0 saturated carbocycles. The van der Waals surface area contributed by atoms with Crippen molar-refractivity contribution in [1.29, 1.82) is 0 Å². The first kappa shape index (κ1) is 20.4. The molecule has 31 heavy (non-hydrogen) atoms. The van der Waals surface area contributed by atoms with Crippen molar-refractivity contribution >= 4 is 12.2 Å². The SMILES string of the molecule is COc1ccc(Cc2nn(CN3CCC[C@@H]3c3nnc4n3CCCCC4)c(=S)o2)cc1. The number of ether oxygens (including phenoxy) is 1. The predicted molar refractivity (Wildman–Crippen MR) is 117 cm³/mol. The largest absolute Gasteiger partial charge is 0.497 e. The Hall–Kier alpha value is -2.52. The Morgan fingerprint density at radius 2 is 1.97 bits per heavy atom. The molecule has 2 aromatic heterocycles. The Balaban J connectivity index is 1.31. The second-order valence-corrected chi connectivity index (χ2v) is 8.68. The fraction of sp³-hybridized carbons (Fsp3) is 0.545. The Morgan fingerprint density at radius 3 is 2.81 bits per heavy atom. The fourth-order valence-corrected chi connectivity index (χ4v) is 4.84. The van der Waals surface area contributed by atoms with Crippen molar-refractivity contribution in [3.05, 3.63) is 52.2 Å². The van der Waals surface area contributed by atoms with Crippen LogP contribution in [0.2, 0.25) is 0 Å². The highest BCUT2D eigenvalue weighted by atomic mass is 32.1. The summed E-state index contributed by atoms with van der Waals surface area (Å²) in [5.74, 6) is 3.70. The van der Waals surface area contributed by atoms with Gasteiger partial charge in [-0.15, -0.1) is 15.3 Å². The van der Waals surface area contributed by atoms with Gasteiger partial charge in [0.05, 0.1) is 26.2 Å². The highest BCUT2D eigenvalue weighted by Gasteiger charge is 2.32. The van der Waals surface area contributed by atoms with Gasteiger partial charge in [0.1, 0.15) is 17.4 Å². The molecule has 0 spiro atoms. The molecule has 1 aromatic carbocycles. The van der Waals surface area contributed by atoms with E-state index in [-0.39, 0.29) is 6.04 Å². The lowest BCUT2D eigenvalue weighted by Crippen LogP contribution is -2.29. The summed E-state index contributed by atoms with van der Waals surface area (Å²) in [4.78, 5) is 2.81. The molecule has 3 aromatic rings. The van der Waals surface area contributed by atoms with Gasteiger partial charge in [-0.2, -0.15) is 0 Å². The maximum atomic E-state index is 5.79. The minimum atomic E-state index is 0.253. The summed E-state index contributed by atoms with van der Waals surface area (Å²) in [7, 11) is 1.66. The molecular weight excluding hydrogens is 412 g/mol. The van der Waals surface area contributed by atoms with Crippen LogP contribution in [0.1, 0.15) is 61.2 Å². The van der Waals surface area contributed by atoms with Crippen LogP contribution in [-0.4, -0.2) is 43.1 Å². The van der Waals surface area contributed by atoms with Gasteiger partial charge >= 0.3 is 0 Å². The summed E-state index contributed by atoms with van der Waals surface area (Å²) in [6.45, 7) is 2.63. The minimum absolute atomic E-state index is 0.253. The molecule has 1 saturated heterocycles. The summed E-state index contributed by atoms with van der Waals surface area (Å²) in [6.07, 6.45) is 7.52. The average molecular weight is 441 g/mol. The van der Waals surface area contributed by atoms with Crippen LogP contribution < -0.4 is 4.74 Å². The van der Waals surface area contributed by atoms with Crippen molar-refractivity contribution in [3.63, 3.8) is 0 Å². The van der Waals surface area contributed by atoms with Crippen molar-refractivity contribution < 1.29 is 9.15 Å². The van der Waals surface area contributed by atoms with E-state index in [0.717, 1.165) is 55.3 Å². The Morgan fingerprint density at radius 1 is 1.10 bits per heavy atom. The Labute approximate surface area is 186 Å². The minimum Gasteiger partial charge on any atom is -0.497 e. The van der Waals surface area contributed by atoms with E-state index in [0.29, 0.717) is 23.8 Å². The van der Waals surface area contributed by atoms with Gasteiger partial charge in [-0.25, -0.2) is 4.68 Å². The quantitative estimate of drug-likeness (QED) is 0.538. The van der Waals surface area contributed by atoms with Crippen LogP contribution in [-0.2, 0) is 26.1 Å². The lowest BCUT2D eigenvalue weighted by molar-refractivity contribution is 0.178. The van der Waals surface area contributed by atoms with E-state index in [4.69, 9.17) is 21.4 Å². The van der Waals surface area contributed by atoms with Gasteiger partial charge in [-0.05, 0) is 55.6 Å².